The molecule has 0 aliphatic carbocycles. The van der Waals surface area contributed by atoms with E-state index >= 15 is 0 Å². The zero-order valence-electron chi connectivity index (χ0n) is 11.9. The predicted molar refractivity (Wildman–Crippen MR) is 78.3 cm³/mol. The molecule has 21 heavy (non-hydrogen) atoms. The molecule has 0 atom stereocenters. The number of amides is 1. The second kappa shape index (κ2) is 5.35. The number of fused-ring (bicyclic) bond motifs is 1. The summed E-state index contributed by atoms with van der Waals surface area (Å²) in [4.78, 5) is 26.1. The van der Waals surface area contributed by atoms with Crippen LogP contribution in [0.5, 0.6) is 0 Å². The Morgan fingerprint density at radius 3 is 2.67 bits per heavy atom. The van der Waals surface area contributed by atoms with Crippen molar-refractivity contribution >= 4 is 28.4 Å². The second-order valence-corrected chi connectivity index (χ2v) is 5.45. The highest BCUT2D eigenvalue weighted by Gasteiger charge is 2.17. The molecule has 0 fully saturated rings. The molecule has 2 aromatic rings. The van der Waals surface area contributed by atoms with Crippen molar-refractivity contribution in [2.75, 3.05) is 5.32 Å². The molecule has 110 valence electrons. The molecule has 0 saturated carbocycles. The third-order valence-corrected chi connectivity index (χ3v) is 2.58. The van der Waals surface area contributed by atoms with E-state index in [0.29, 0.717) is 16.6 Å². The summed E-state index contributed by atoms with van der Waals surface area (Å²) in [6, 6.07) is 5.98. The Labute approximate surface area is 121 Å². The van der Waals surface area contributed by atoms with Crippen LogP contribution in [0.25, 0.3) is 10.8 Å². The monoisotopic (exact) mass is 289 g/mol. The smallest absolute Gasteiger partial charge is 0.413 e. The minimum absolute atomic E-state index is 0.0167. The minimum atomic E-state index is -0.624. The highest BCUT2D eigenvalue weighted by molar-refractivity contribution is 5.98. The zero-order valence-corrected chi connectivity index (χ0v) is 11.9. The Balaban J connectivity index is 2.33. The van der Waals surface area contributed by atoms with Gasteiger partial charge in [-0.25, -0.2) is 9.78 Å². The highest BCUT2D eigenvalue weighted by Crippen LogP contribution is 2.25. The number of benzene rings is 1. The Bertz CT molecular complexity index is 707. The molecule has 0 spiro atoms. The molecule has 0 aliphatic heterocycles. The SMILES string of the molecule is CC(C)(C)OC(=O)Nc1nccc2cc([N+](=O)[O-])ccc12. The third-order valence-electron chi connectivity index (χ3n) is 2.58. The zero-order chi connectivity index (χ0) is 15.6. The number of rotatable bonds is 2. The van der Waals surface area contributed by atoms with E-state index in [4.69, 9.17) is 4.74 Å². The molecule has 0 saturated heterocycles. The minimum Gasteiger partial charge on any atom is -0.444 e. The van der Waals surface area contributed by atoms with Gasteiger partial charge in [-0.1, -0.05) is 0 Å². The van der Waals surface area contributed by atoms with E-state index in [0.717, 1.165) is 0 Å². The molecule has 7 nitrogen and oxygen atoms in total. The molecule has 1 aromatic heterocycles. The summed E-state index contributed by atoms with van der Waals surface area (Å²) in [6.45, 7) is 5.27. The average Bonchev–Trinajstić information content (AvgIpc) is 2.36. The summed E-state index contributed by atoms with van der Waals surface area (Å²) in [5.74, 6) is 0.302. The summed E-state index contributed by atoms with van der Waals surface area (Å²) in [5, 5.41) is 14.5. The fourth-order valence-corrected chi connectivity index (χ4v) is 1.78. The molecule has 0 unspecified atom stereocenters. The average molecular weight is 289 g/mol. The van der Waals surface area contributed by atoms with Crippen molar-refractivity contribution < 1.29 is 14.5 Å². The number of nitro groups is 1. The van der Waals surface area contributed by atoms with Gasteiger partial charge in [-0.3, -0.25) is 15.4 Å². The molecule has 7 heteroatoms. The number of hydrogen-bond acceptors (Lipinski definition) is 5. The van der Waals surface area contributed by atoms with E-state index in [2.05, 4.69) is 10.3 Å². The van der Waals surface area contributed by atoms with Crippen molar-refractivity contribution in [2.24, 2.45) is 0 Å². The maximum Gasteiger partial charge on any atom is 0.413 e. The van der Waals surface area contributed by atoms with Crippen LogP contribution >= 0.6 is 0 Å². The van der Waals surface area contributed by atoms with Gasteiger partial charge in [0.1, 0.15) is 11.4 Å². The molecular weight excluding hydrogens is 274 g/mol. The summed E-state index contributed by atoms with van der Waals surface area (Å²) >= 11 is 0. The van der Waals surface area contributed by atoms with Crippen molar-refractivity contribution in [2.45, 2.75) is 26.4 Å². The van der Waals surface area contributed by atoms with Gasteiger partial charge in [-0.2, -0.15) is 0 Å². The van der Waals surface area contributed by atoms with Crippen LogP contribution < -0.4 is 5.32 Å². The molecule has 1 aromatic carbocycles. The first-order valence-electron chi connectivity index (χ1n) is 6.29. The van der Waals surface area contributed by atoms with Crippen LogP contribution in [0.3, 0.4) is 0 Å². The first-order valence-corrected chi connectivity index (χ1v) is 6.29. The van der Waals surface area contributed by atoms with Crippen LogP contribution in [0.1, 0.15) is 20.8 Å². The quantitative estimate of drug-likeness (QED) is 0.674. The molecule has 2 rings (SSSR count). The summed E-state index contributed by atoms with van der Waals surface area (Å²) in [5.41, 5.74) is -0.634. The molecule has 1 N–H and O–H groups in total. The van der Waals surface area contributed by atoms with Gasteiger partial charge in [-0.15, -0.1) is 0 Å². The molecular formula is C14H15N3O4. The van der Waals surface area contributed by atoms with Crippen molar-refractivity contribution in [3.8, 4) is 0 Å². The number of hydrogen-bond donors (Lipinski definition) is 1. The van der Waals surface area contributed by atoms with Gasteiger partial charge in [0.15, 0.2) is 0 Å². The molecule has 1 heterocycles. The van der Waals surface area contributed by atoms with Crippen molar-refractivity contribution in [3.63, 3.8) is 0 Å². The maximum absolute atomic E-state index is 11.8. The van der Waals surface area contributed by atoms with Crippen molar-refractivity contribution in [3.05, 3.63) is 40.6 Å². The number of non-ortho nitro benzene ring substituents is 1. The lowest BCUT2D eigenvalue weighted by atomic mass is 10.1. The van der Waals surface area contributed by atoms with Gasteiger partial charge in [0.05, 0.1) is 4.92 Å². The van der Waals surface area contributed by atoms with Crippen LogP contribution in [0.4, 0.5) is 16.3 Å². The van der Waals surface area contributed by atoms with Gasteiger partial charge in [-0.05, 0) is 38.3 Å². The number of ether oxygens (including phenoxy) is 1. The van der Waals surface area contributed by atoms with Crippen LogP contribution in [-0.4, -0.2) is 21.6 Å². The summed E-state index contributed by atoms with van der Waals surface area (Å²) < 4.78 is 5.15. The number of carbonyl (C=O) groups excluding carboxylic acids is 1. The van der Waals surface area contributed by atoms with Crippen LogP contribution in [-0.2, 0) is 4.74 Å². The summed E-state index contributed by atoms with van der Waals surface area (Å²) in [6.07, 6.45) is 0.847. The number of nitro benzene ring substituents is 1. The lowest BCUT2D eigenvalue weighted by Crippen LogP contribution is -2.27. The van der Waals surface area contributed by atoms with E-state index in [1.165, 1.54) is 18.3 Å². The van der Waals surface area contributed by atoms with Gasteiger partial charge in [0.2, 0.25) is 0 Å². The van der Waals surface area contributed by atoms with Crippen LogP contribution in [0.15, 0.2) is 30.5 Å². The lowest BCUT2D eigenvalue weighted by molar-refractivity contribution is -0.384. The van der Waals surface area contributed by atoms with Crippen LogP contribution in [0.2, 0.25) is 0 Å². The predicted octanol–water partition coefficient (Wildman–Crippen LogP) is 3.49. The Morgan fingerprint density at radius 2 is 2.05 bits per heavy atom. The van der Waals surface area contributed by atoms with Crippen molar-refractivity contribution in [1.29, 1.82) is 0 Å². The van der Waals surface area contributed by atoms with E-state index in [9.17, 15) is 14.9 Å². The highest BCUT2D eigenvalue weighted by atomic mass is 16.6. The topological polar surface area (TPSA) is 94.4 Å². The Hall–Kier alpha value is -2.70. The first kappa shape index (κ1) is 14.7. The largest absolute Gasteiger partial charge is 0.444 e. The maximum atomic E-state index is 11.8. The number of pyridine rings is 1. The molecule has 0 aliphatic rings. The van der Waals surface area contributed by atoms with Gasteiger partial charge in [0, 0.05) is 23.7 Å². The number of aromatic nitrogens is 1. The Kier molecular flexibility index (Phi) is 3.75. The molecule has 0 radical (unpaired) electrons. The fourth-order valence-electron chi connectivity index (χ4n) is 1.78. The van der Waals surface area contributed by atoms with Crippen molar-refractivity contribution in [1.82, 2.24) is 4.98 Å². The fraction of sp³-hybridized carbons (Fsp3) is 0.286. The van der Waals surface area contributed by atoms with Crippen LogP contribution in [0, 0.1) is 10.1 Å². The van der Waals surface area contributed by atoms with Gasteiger partial charge >= 0.3 is 6.09 Å². The van der Waals surface area contributed by atoms with Gasteiger partial charge < -0.3 is 4.74 Å². The normalized spacial score (nSPS) is 11.2. The second-order valence-electron chi connectivity index (χ2n) is 5.45. The van der Waals surface area contributed by atoms with E-state index in [1.807, 2.05) is 0 Å². The van der Waals surface area contributed by atoms with E-state index in [1.54, 1.807) is 32.9 Å². The third kappa shape index (κ3) is 3.65. The number of carbonyl (C=O) groups is 1. The standard InChI is InChI=1S/C14H15N3O4/c1-14(2,3)21-13(18)16-12-11-5-4-10(17(19)20)8-9(11)6-7-15-12/h4-8H,1-3H3,(H,15,16,18). The van der Waals surface area contributed by atoms with Gasteiger partial charge in [0.25, 0.3) is 5.69 Å². The van der Waals surface area contributed by atoms with E-state index in [-0.39, 0.29) is 5.69 Å². The number of anilines is 1. The number of nitrogens with zero attached hydrogens (tertiary/aromatic N) is 2. The molecule has 0 bridgehead atoms. The van der Waals surface area contributed by atoms with E-state index < -0.39 is 16.6 Å². The number of nitrogens with one attached hydrogen (secondary N) is 1. The Morgan fingerprint density at radius 1 is 1.33 bits per heavy atom. The lowest BCUT2D eigenvalue weighted by Gasteiger charge is -2.19. The molecule has 1 amide bonds. The summed E-state index contributed by atoms with van der Waals surface area (Å²) in [7, 11) is 0. The first-order chi connectivity index (χ1) is 9.76.